The van der Waals surface area contributed by atoms with Crippen molar-refractivity contribution in [2.24, 2.45) is 11.0 Å². The summed E-state index contributed by atoms with van der Waals surface area (Å²) in [6.07, 6.45) is -3.37. The van der Waals surface area contributed by atoms with Gasteiger partial charge in [-0.3, -0.25) is 4.79 Å². The predicted octanol–water partition coefficient (Wildman–Crippen LogP) is 2.65. The summed E-state index contributed by atoms with van der Waals surface area (Å²) in [7, 11) is 0. The van der Waals surface area contributed by atoms with Crippen LogP contribution in [0.25, 0.3) is 0 Å². The molecule has 5 nitrogen and oxygen atoms in total. The average Bonchev–Trinajstić information content (AvgIpc) is 2.81. The molecule has 0 bridgehead atoms. The lowest BCUT2D eigenvalue weighted by molar-refractivity contribution is -0.312. The molecular formula is C15H15F3N2O3. The first-order valence-electron chi connectivity index (χ1n) is 7.25. The number of halogens is 3. The van der Waals surface area contributed by atoms with Crippen molar-refractivity contribution >= 4 is 11.6 Å². The lowest BCUT2D eigenvalue weighted by Crippen LogP contribution is -2.61. The molecule has 0 radical (unpaired) electrons. The van der Waals surface area contributed by atoms with E-state index in [1.807, 2.05) is 0 Å². The number of phenols is 1. The van der Waals surface area contributed by atoms with Crippen molar-refractivity contribution in [2.75, 3.05) is 0 Å². The third-order valence-electron chi connectivity index (χ3n) is 4.32. The molecule has 2 atom stereocenters. The molecule has 2 N–H and O–H groups in total. The number of phenolic OH excluding ortho intramolecular Hbond substituents is 1. The molecule has 1 saturated carbocycles. The smallest absolute Gasteiger partial charge is 0.439 e. The number of carbonyl (C=O) groups excluding carboxylic acids is 1. The molecule has 0 saturated heterocycles. The van der Waals surface area contributed by atoms with Crippen LogP contribution in [-0.2, 0) is 0 Å². The number of alkyl halides is 3. The van der Waals surface area contributed by atoms with Gasteiger partial charge in [-0.2, -0.15) is 23.3 Å². The quantitative estimate of drug-likeness (QED) is 0.832. The summed E-state index contributed by atoms with van der Waals surface area (Å²) in [4.78, 5) is 12.5. The topological polar surface area (TPSA) is 73.1 Å². The van der Waals surface area contributed by atoms with E-state index in [9.17, 15) is 28.2 Å². The lowest BCUT2D eigenvalue weighted by atomic mass is 9.80. The molecule has 124 valence electrons. The van der Waals surface area contributed by atoms with Crippen molar-refractivity contribution < 1.29 is 28.2 Å². The fourth-order valence-corrected chi connectivity index (χ4v) is 3.18. The van der Waals surface area contributed by atoms with Crippen LogP contribution in [-0.4, -0.2) is 38.7 Å². The Balaban J connectivity index is 2.05. The van der Waals surface area contributed by atoms with Gasteiger partial charge in [0.25, 0.3) is 11.6 Å². The van der Waals surface area contributed by atoms with Gasteiger partial charge in [0, 0.05) is 11.3 Å². The van der Waals surface area contributed by atoms with Crippen LogP contribution in [0.3, 0.4) is 0 Å². The van der Waals surface area contributed by atoms with E-state index >= 15 is 0 Å². The number of aliphatic hydroxyl groups is 1. The van der Waals surface area contributed by atoms with Gasteiger partial charge in [0.15, 0.2) is 0 Å². The highest BCUT2D eigenvalue weighted by molar-refractivity contribution is 5.99. The fraction of sp³-hybridized carbons (Fsp3) is 0.467. The normalized spacial score (nSPS) is 27.6. The Hall–Kier alpha value is -2.09. The highest BCUT2D eigenvalue weighted by atomic mass is 19.4. The summed E-state index contributed by atoms with van der Waals surface area (Å²) in [5.74, 6) is -2.59. The zero-order valence-corrected chi connectivity index (χ0v) is 12.0. The minimum Gasteiger partial charge on any atom is -0.508 e. The summed E-state index contributed by atoms with van der Waals surface area (Å²) in [5, 5.41) is 23.7. The molecule has 23 heavy (non-hydrogen) atoms. The molecule has 1 aromatic rings. The molecular weight excluding hydrogens is 313 g/mol. The monoisotopic (exact) mass is 328 g/mol. The first-order valence-corrected chi connectivity index (χ1v) is 7.25. The summed E-state index contributed by atoms with van der Waals surface area (Å²) in [5.41, 5.74) is -3.31. The number of benzene rings is 1. The van der Waals surface area contributed by atoms with Crippen molar-refractivity contribution in [1.29, 1.82) is 0 Å². The van der Waals surface area contributed by atoms with E-state index in [1.165, 1.54) is 18.2 Å². The second-order valence-electron chi connectivity index (χ2n) is 5.78. The van der Waals surface area contributed by atoms with Gasteiger partial charge in [-0.05, 0) is 37.5 Å². The van der Waals surface area contributed by atoms with Crippen molar-refractivity contribution in [3.8, 4) is 5.75 Å². The number of nitrogens with zero attached hydrogens (tertiary/aromatic N) is 2. The number of fused-ring (bicyclic) bond motifs is 1. The zero-order chi connectivity index (χ0) is 16.8. The van der Waals surface area contributed by atoms with E-state index in [4.69, 9.17) is 0 Å². The first-order chi connectivity index (χ1) is 10.7. The van der Waals surface area contributed by atoms with E-state index in [-0.39, 0.29) is 28.5 Å². The van der Waals surface area contributed by atoms with Gasteiger partial charge >= 0.3 is 6.18 Å². The van der Waals surface area contributed by atoms with Gasteiger partial charge in [-0.25, -0.2) is 0 Å². The minimum atomic E-state index is -5.03. The second kappa shape index (κ2) is 5.23. The van der Waals surface area contributed by atoms with Crippen LogP contribution in [0.1, 0.15) is 36.0 Å². The lowest BCUT2D eigenvalue weighted by Gasteiger charge is -2.38. The third kappa shape index (κ3) is 2.37. The molecule has 0 aromatic heterocycles. The van der Waals surface area contributed by atoms with Gasteiger partial charge in [0.05, 0.1) is 5.92 Å². The largest absolute Gasteiger partial charge is 0.508 e. The Labute approximate surface area is 130 Å². The highest BCUT2D eigenvalue weighted by Gasteiger charge is 2.68. The highest BCUT2D eigenvalue weighted by Crippen LogP contribution is 2.48. The van der Waals surface area contributed by atoms with Crippen LogP contribution < -0.4 is 0 Å². The molecule has 1 aromatic carbocycles. The van der Waals surface area contributed by atoms with Crippen LogP contribution >= 0.6 is 0 Å². The number of hydrogen-bond acceptors (Lipinski definition) is 4. The minimum absolute atomic E-state index is 0.124. The van der Waals surface area contributed by atoms with Gasteiger partial charge in [0.2, 0.25) is 0 Å². The van der Waals surface area contributed by atoms with Gasteiger partial charge in [-0.1, -0.05) is 12.5 Å². The molecule has 1 heterocycles. The molecule has 1 aliphatic heterocycles. The molecule has 0 unspecified atom stereocenters. The SMILES string of the molecule is O=C(c1cccc(O)c1)N1N=C2CCCC[C@H]2[C@]1(O)C(F)(F)F. The van der Waals surface area contributed by atoms with E-state index in [0.29, 0.717) is 19.3 Å². The van der Waals surface area contributed by atoms with E-state index in [0.717, 1.165) is 6.07 Å². The van der Waals surface area contributed by atoms with Crippen LogP contribution in [0, 0.1) is 5.92 Å². The van der Waals surface area contributed by atoms with Crippen LogP contribution in [0.5, 0.6) is 5.75 Å². The molecule has 1 amide bonds. The summed E-state index contributed by atoms with van der Waals surface area (Å²) in [6, 6.07) is 4.94. The molecule has 1 fully saturated rings. The van der Waals surface area contributed by atoms with Gasteiger partial charge < -0.3 is 10.2 Å². The van der Waals surface area contributed by atoms with E-state index in [1.54, 1.807) is 0 Å². The van der Waals surface area contributed by atoms with Crippen molar-refractivity contribution in [1.82, 2.24) is 5.01 Å². The third-order valence-corrected chi connectivity index (χ3v) is 4.32. The Morgan fingerprint density at radius 1 is 1.35 bits per heavy atom. The number of amides is 1. The standard InChI is InChI=1S/C15H15F3N2O3/c16-15(17,18)14(23)11-6-1-2-7-12(11)19-20(14)13(22)9-4-3-5-10(21)8-9/h3-5,8,11,21,23H,1-2,6-7H2/t11-,14+/m1/s1. The molecule has 0 spiro atoms. The summed E-state index contributed by atoms with van der Waals surface area (Å²) < 4.78 is 40.7. The number of carbonyl (C=O) groups is 1. The fourth-order valence-electron chi connectivity index (χ4n) is 3.18. The van der Waals surface area contributed by atoms with Crippen molar-refractivity contribution in [2.45, 2.75) is 37.6 Å². The van der Waals surface area contributed by atoms with Crippen LogP contribution in [0.2, 0.25) is 0 Å². The Morgan fingerprint density at radius 2 is 2.09 bits per heavy atom. The summed E-state index contributed by atoms with van der Waals surface area (Å²) >= 11 is 0. The number of rotatable bonds is 1. The van der Waals surface area contributed by atoms with Crippen LogP contribution in [0.4, 0.5) is 13.2 Å². The van der Waals surface area contributed by atoms with E-state index in [2.05, 4.69) is 5.10 Å². The maximum absolute atomic E-state index is 13.6. The average molecular weight is 328 g/mol. The Morgan fingerprint density at radius 3 is 2.74 bits per heavy atom. The maximum atomic E-state index is 13.6. The number of aromatic hydroxyl groups is 1. The van der Waals surface area contributed by atoms with Crippen molar-refractivity contribution in [3.63, 3.8) is 0 Å². The molecule has 3 rings (SSSR count). The van der Waals surface area contributed by atoms with Gasteiger partial charge in [-0.15, -0.1) is 0 Å². The first kappa shape index (κ1) is 15.8. The number of hydrazone groups is 1. The van der Waals surface area contributed by atoms with E-state index < -0.39 is 23.7 Å². The summed E-state index contributed by atoms with van der Waals surface area (Å²) in [6.45, 7) is 0. The maximum Gasteiger partial charge on any atom is 0.439 e. The molecule has 2 aliphatic rings. The Bertz CT molecular complexity index is 674. The molecule has 1 aliphatic carbocycles. The second-order valence-corrected chi connectivity index (χ2v) is 5.78. The van der Waals surface area contributed by atoms with Crippen LogP contribution in [0.15, 0.2) is 29.4 Å². The predicted molar refractivity (Wildman–Crippen MR) is 74.7 cm³/mol. The van der Waals surface area contributed by atoms with Gasteiger partial charge in [0.1, 0.15) is 5.75 Å². The number of hydrogen-bond donors (Lipinski definition) is 2. The zero-order valence-electron chi connectivity index (χ0n) is 12.0. The van der Waals surface area contributed by atoms with Crippen molar-refractivity contribution in [3.05, 3.63) is 29.8 Å². The Kier molecular flexibility index (Phi) is 3.59. The molecule has 8 heteroatoms.